The standard InChI is InChI=1S/C20H25N3O6/c1-12(19(25)21-9-15-3-2-6-27-15)22-20(26)13-7-18(24)23(10-13)14-4-5-16-17(8-14)29-11-28-16/h4-5,8,12-13,15H,2-3,6-7,9-11H2,1H3,(H,21,25)(H,22,26)/t12-,13?,15?/m1/s1. The highest BCUT2D eigenvalue weighted by Crippen LogP contribution is 2.37. The van der Waals surface area contributed by atoms with Crippen LogP contribution < -0.4 is 25.0 Å². The van der Waals surface area contributed by atoms with Gasteiger partial charge in [-0.05, 0) is 31.9 Å². The normalized spacial score (nSPS) is 23.9. The van der Waals surface area contributed by atoms with Gasteiger partial charge in [-0.25, -0.2) is 0 Å². The quantitative estimate of drug-likeness (QED) is 0.719. The monoisotopic (exact) mass is 403 g/mol. The van der Waals surface area contributed by atoms with Crippen LogP contribution in [0.15, 0.2) is 18.2 Å². The van der Waals surface area contributed by atoms with Crippen molar-refractivity contribution in [3.8, 4) is 11.5 Å². The molecule has 3 heterocycles. The second kappa shape index (κ2) is 8.28. The van der Waals surface area contributed by atoms with Crippen molar-refractivity contribution in [2.45, 2.75) is 38.3 Å². The van der Waals surface area contributed by atoms with E-state index in [-0.39, 0.29) is 43.6 Å². The lowest BCUT2D eigenvalue weighted by Gasteiger charge is -2.19. The van der Waals surface area contributed by atoms with Gasteiger partial charge in [-0.1, -0.05) is 0 Å². The number of carbonyl (C=O) groups excluding carboxylic acids is 3. The first-order chi connectivity index (χ1) is 14.0. The van der Waals surface area contributed by atoms with Gasteiger partial charge in [0, 0.05) is 37.9 Å². The zero-order chi connectivity index (χ0) is 20.4. The fourth-order valence-corrected chi connectivity index (χ4v) is 3.76. The van der Waals surface area contributed by atoms with Crippen molar-refractivity contribution in [2.75, 3.05) is 31.4 Å². The highest BCUT2D eigenvalue weighted by atomic mass is 16.7. The average molecular weight is 403 g/mol. The predicted molar refractivity (Wildman–Crippen MR) is 103 cm³/mol. The second-order valence-electron chi connectivity index (χ2n) is 7.55. The number of nitrogens with zero attached hydrogens (tertiary/aromatic N) is 1. The van der Waals surface area contributed by atoms with Crippen LogP contribution in [-0.2, 0) is 19.1 Å². The molecule has 2 N–H and O–H groups in total. The number of benzene rings is 1. The maximum atomic E-state index is 12.6. The van der Waals surface area contributed by atoms with Gasteiger partial charge in [-0.2, -0.15) is 0 Å². The van der Waals surface area contributed by atoms with Gasteiger partial charge in [-0.3, -0.25) is 14.4 Å². The SMILES string of the molecule is C[C@@H](NC(=O)C1CC(=O)N(c2ccc3c(c2)OCO3)C1)C(=O)NCC1CCCO1. The fourth-order valence-electron chi connectivity index (χ4n) is 3.76. The van der Waals surface area contributed by atoms with Crippen LogP contribution in [0.2, 0.25) is 0 Å². The van der Waals surface area contributed by atoms with E-state index in [2.05, 4.69) is 10.6 Å². The Bertz CT molecular complexity index is 807. The molecule has 2 saturated heterocycles. The van der Waals surface area contributed by atoms with E-state index >= 15 is 0 Å². The van der Waals surface area contributed by atoms with Gasteiger partial charge in [-0.15, -0.1) is 0 Å². The molecule has 2 fully saturated rings. The molecule has 0 saturated carbocycles. The minimum atomic E-state index is -0.682. The second-order valence-corrected chi connectivity index (χ2v) is 7.55. The van der Waals surface area contributed by atoms with Crippen LogP contribution in [0.25, 0.3) is 0 Å². The first kappa shape index (κ1) is 19.5. The first-order valence-corrected chi connectivity index (χ1v) is 9.91. The van der Waals surface area contributed by atoms with Gasteiger partial charge in [0.15, 0.2) is 11.5 Å². The summed E-state index contributed by atoms with van der Waals surface area (Å²) in [6, 6.07) is 4.58. The molecule has 2 unspecified atom stereocenters. The Balaban J connectivity index is 1.30. The van der Waals surface area contributed by atoms with Gasteiger partial charge in [0.1, 0.15) is 6.04 Å². The highest BCUT2D eigenvalue weighted by Gasteiger charge is 2.36. The fraction of sp³-hybridized carbons (Fsp3) is 0.550. The van der Waals surface area contributed by atoms with E-state index in [9.17, 15) is 14.4 Å². The topological polar surface area (TPSA) is 106 Å². The van der Waals surface area contributed by atoms with Crippen molar-refractivity contribution < 1.29 is 28.6 Å². The lowest BCUT2D eigenvalue weighted by Crippen LogP contribution is -2.48. The highest BCUT2D eigenvalue weighted by molar-refractivity contribution is 6.01. The van der Waals surface area contributed by atoms with Gasteiger partial charge in [0.25, 0.3) is 0 Å². The molecule has 1 aromatic carbocycles. The van der Waals surface area contributed by atoms with Crippen molar-refractivity contribution in [1.29, 1.82) is 0 Å². The van der Waals surface area contributed by atoms with E-state index in [1.807, 2.05) is 0 Å². The molecular weight excluding hydrogens is 378 g/mol. The summed E-state index contributed by atoms with van der Waals surface area (Å²) in [4.78, 5) is 38.8. The van der Waals surface area contributed by atoms with E-state index in [4.69, 9.17) is 14.2 Å². The Labute approximate surface area is 168 Å². The summed E-state index contributed by atoms with van der Waals surface area (Å²) >= 11 is 0. The van der Waals surface area contributed by atoms with Gasteiger partial charge < -0.3 is 29.7 Å². The Morgan fingerprint density at radius 1 is 1.28 bits per heavy atom. The summed E-state index contributed by atoms with van der Waals surface area (Å²) in [6.45, 7) is 3.22. The predicted octanol–water partition coefficient (Wildman–Crippen LogP) is 0.568. The zero-order valence-corrected chi connectivity index (χ0v) is 16.3. The molecule has 0 spiro atoms. The molecule has 3 amide bonds. The molecule has 9 heteroatoms. The van der Waals surface area contributed by atoms with Gasteiger partial charge >= 0.3 is 0 Å². The molecule has 0 aromatic heterocycles. The van der Waals surface area contributed by atoms with Crippen molar-refractivity contribution in [1.82, 2.24) is 10.6 Å². The maximum absolute atomic E-state index is 12.6. The molecule has 0 radical (unpaired) electrons. The Morgan fingerprint density at radius 2 is 2.10 bits per heavy atom. The Hall–Kier alpha value is -2.81. The van der Waals surface area contributed by atoms with E-state index in [0.29, 0.717) is 23.7 Å². The number of hydrogen-bond donors (Lipinski definition) is 2. The van der Waals surface area contributed by atoms with Crippen LogP contribution in [0.5, 0.6) is 11.5 Å². The smallest absolute Gasteiger partial charge is 0.242 e. The zero-order valence-electron chi connectivity index (χ0n) is 16.3. The van der Waals surface area contributed by atoms with Crippen LogP contribution in [-0.4, -0.2) is 56.4 Å². The number of nitrogens with one attached hydrogen (secondary N) is 2. The number of anilines is 1. The van der Waals surface area contributed by atoms with Crippen LogP contribution in [0.3, 0.4) is 0 Å². The third-order valence-electron chi connectivity index (χ3n) is 5.44. The molecule has 3 aliphatic rings. The summed E-state index contributed by atoms with van der Waals surface area (Å²) in [5.41, 5.74) is 0.664. The molecule has 0 aliphatic carbocycles. The molecule has 156 valence electrons. The molecule has 0 bridgehead atoms. The van der Waals surface area contributed by atoms with Crippen LogP contribution in [0.1, 0.15) is 26.2 Å². The molecule has 3 aliphatic heterocycles. The van der Waals surface area contributed by atoms with Gasteiger partial charge in [0.2, 0.25) is 24.5 Å². The molecule has 9 nitrogen and oxygen atoms in total. The van der Waals surface area contributed by atoms with Crippen molar-refractivity contribution >= 4 is 23.4 Å². The van der Waals surface area contributed by atoms with Crippen molar-refractivity contribution in [3.63, 3.8) is 0 Å². The summed E-state index contributed by atoms with van der Waals surface area (Å²) in [5, 5.41) is 5.52. The van der Waals surface area contributed by atoms with E-state index < -0.39 is 12.0 Å². The number of ether oxygens (including phenoxy) is 3. The lowest BCUT2D eigenvalue weighted by atomic mass is 10.1. The van der Waals surface area contributed by atoms with Crippen LogP contribution in [0, 0.1) is 5.92 Å². The summed E-state index contributed by atoms with van der Waals surface area (Å²) < 4.78 is 16.1. The number of amides is 3. The van der Waals surface area contributed by atoms with Crippen molar-refractivity contribution in [3.05, 3.63) is 18.2 Å². The minimum Gasteiger partial charge on any atom is -0.454 e. The Kier molecular flexibility index (Phi) is 5.57. The Morgan fingerprint density at radius 3 is 2.90 bits per heavy atom. The molecule has 4 rings (SSSR count). The first-order valence-electron chi connectivity index (χ1n) is 9.91. The molecule has 29 heavy (non-hydrogen) atoms. The van der Waals surface area contributed by atoms with Crippen molar-refractivity contribution in [2.24, 2.45) is 5.92 Å². The average Bonchev–Trinajstić information content (AvgIpc) is 3.45. The number of rotatable bonds is 6. The molecular formula is C20H25N3O6. The maximum Gasteiger partial charge on any atom is 0.242 e. The minimum absolute atomic E-state index is 0.0459. The molecule has 3 atom stereocenters. The molecule has 1 aromatic rings. The van der Waals surface area contributed by atoms with Crippen LogP contribution >= 0.6 is 0 Å². The third-order valence-corrected chi connectivity index (χ3v) is 5.44. The summed E-state index contributed by atoms with van der Waals surface area (Å²) in [6.07, 6.45) is 2.08. The van der Waals surface area contributed by atoms with E-state index in [1.165, 1.54) is 0 Å². The number of fused-ring (bicyclic) bond motifs is 1. The largest absolute Gasteiger partial charge is 0.454 e. The third kappa shape index (κ3) is 4.29. The van der Waals surface area contributed by atoms with E-state index in [0.717, 1.165) is 19.4 Å². The number of hydrogen-bond acceptors (Lipinski definition) is 6. The van der Waals surface area contributed by atoms with E-state index in [1.54, 1.807) is 30.0 Å². The van der Waals surface area contributed by atoms with Crippen LogP contribution in [0.4, 0.5) is 5.69 Å². The lowest BCUT2D eigenvalue weighted by molar-refractivity contribution is -0.131. The summed E-state index contributed by atoms with van der Waals surface area (Å²) in [5.74, 6) is 0.00488. The summed E-state index contributed by atoms with van der Waals surface area (Å²) in [7, 11) is 0. The van der Waals surface area contributed by atoms with Gasteiger partial charge in [0.05, 0.1) is 12.0 Å². The number of carbonyl (C=O) groups is 3.